The van der Waals surface area contributed by atoms with Crippen LogP contribution in [0.5, 0.6) is 0 Å². The number of anilines is 1. The van der Waals surface area contributed by atoms with Crippen molar-refractivity contribution in [1.82, 2.24) is 9.55 Å². The lowest BCUT2D eigenvalue weighted by Gasteiger charge is -2.19. The fourth-order valence-corrected chi connectivity index (χ4v) is 4.82. The van der Waals surface area contributed by atoms with E-state index in [1.807, 2.05) is 0 Å². The average Bonchev–Trinajstić information content (AvgIpc) is 2.87. The molecule has 7 N–H and O–H groups in total. The summed E-state index contributed by atoms with van der Waals surface area (Å²) in [6.07, 6.45) is -4.70. The molecule has 29 heavy (non-hydrogen) atoms. The van der Waals surface area contributed by atoms with Crippen molar-refractivity contribution in [3.63, 3.8) is 0 Å². The molecule has 0 aromatic carbocycles. The number of hydrogen-bond acceptors (Lipinski definition) is 14. The number of phosphoric acid groups is 2. The molecular weight excluding hydrogens is 467 g/mol. The van der Waals surface area contributed by atoms with Crippen LogP contribution in [0.4, 0.5) is 5.95 Å². The average molecular weight is 482 g/mol. The summed E-state index contributed by atoms with van der Waals surface area (Å²) in [6.45, 7) is -0.759. The van der Waals surface area contributed by atoms with Crippen LogP contribution in [-0.2, 0) is 36.3 Å². The van der Waals surface area contributed by atoms with Gasteiger partial charge in [0.15, 0.2) is 6.23 Å². The first-order chi connectivity index (χ1) is 13.3. The topological polar surface area (TPSA) is 259 Å². The minimum Gasteiger partial charge on any atom is -0.387 e. The summed E-state index contributed by atoms with van der Waals surface area (Å²) in [6, 6.07) is 1.02. The highest BCUT2D eigenvalue weighted by Crippen LogP contribution is 2.63. The molecule has 0 amide bonds. The van der Waals surface area contributed by atoms with Crippen molar-refractivity contribution >= 4 is 29.8 Å². The quantitative estimate of drug-likeness (QED) is 0.138. The molecule has 1 saturated heterocycles. The molecule has 0 radical (unpaired) electrons. The first-order valence-electron chi connectivity index (χ1n) is 7.21. The van der Waals surface area contributed by atoms with Gasteiger partial charge in [-0.3, -0.25) is 14.3 Å². The molecule has 1 aromatic rings. The fourth-order valence-electron chi connectivity index (χ4n) is 2.14. The largest absolute Gasteiger partial charge is 0.708 e. The van der Waals surface area contributed by atoms with Gasteiger partial charge in [0.25, 0.3) is 5.56 Å². The molecule has 1 aromatic heterocycles. The van der Waals surface area contributed by atoms with Gasteiger partial charge in [0.2, 0.25) is 5.95 Å². The number of ether oxygens (including phenoxy) is 1. The van der Waals surface area contributed by atoms with E-state index in [2.05, 4.69) is 22.8 Å². The molecule has 0 spiro atoms. The molecule has 2 heterocycles. The van der Waals surface area contributed by atoms with Gasteiger partial charge in [0, 0.05) is 16.8 Å². The van der Waals surface area contributed by atoms with Crippen molar-refractivity contribution in [2.75, 3.05) is 12.3 Å². The molecule has 164 valence electrons. The van der Waals surface area contributed by atoms with E-state index in [0.29, 0.717) is 0 Å². The predicted molar refractivity (Wildman–Crippen MR) is 87.9 cm³/mol. The van der Waals surface area contributed by atoms with Crippen molar-refractivity contribution < 1.29 is 61.5 Å². The third kappa shape index (κ3) is 6.41. The van der Waals surface area contributed by atoms with Crippen LogP contribution in [0.15, 0.2) is 17.1 Å². The maximum Gasteiger partial charge on any atom is 0.708 e. The van der Waals surface area contributed by atoms with E-state index >= 15 is 0 Å². The van der Waals surface area contributed by atoms with Crippen molar-refractivity contribution in [2.45, 2.75) is 24.5 Å². The predicted octanol–water partition coefficient (Wildman–Crippen LogP) is -1.16. The van der Waals surface area contributed by atoms with Crippen LogP contribution in [0.3, 0.4) is 0 Å². The Morgan fingerprint density at radius 2 is 1.93 bits per heavy atom. The fraction of sp³-hybridized carbons (Fsp3) is 0.556. The van der Waals surface area contributed by atoms with Crippen LogP contribution >= 0.6 is 23.9 Å². The molecule has 0 aliphatic carbocycles. The number of rotatable bonds is 9. The second-order valence-electron chi connectivity index (χ2n) is 5.28. The van der Waals surface area contributed by atoms with Crippen molar-refractivity contribution in [3.8, 4) is 0 Å². The van der Waals surface area contributed by atoms with Gasteiger partial charge in [-0.05, 0) is 4.31 Å². The number of aliphatic hydroxyl groups excluding tert-OH is 2. The van der Waals surface area contributed by atoms with Gasteiger partial charge < -0.3 is 25.6 Å². The van der Waals surface area contributed by atoms with Crippen LogP contribution in [0.2, 0.25) is 0 Å². The number of nitrogens with two attached hydrogens (primary N) is 1. The molecule has 20 heteroatoms. The lowest BCUT2D eigenvalue weighted by Crippen LogP contribution is -2.34. The first kappa shape index (κ1) is 24.1. The Morgan fingerprint density at radius 3 is 2.52 bits per heavy atom. The first-order valence-corrected chi connectivity index (χ1v) is 11.3. The third-order valence-corrected chi connectivity index (χ3v) is 6.88. The zero-order chi connectivity index (χ0) is 22.0. The molecule has 3 unspecified atom stereocenters. The summed E-state index contributed by atoms with van der Waals surface area (Å²) in [5.41, 5.74) is 4.89. The zero-order valence-corrected chi connectivity index (χ0v) is 16.6. The SMILES string of the molecule is Nc1nc(=O)ccn1[C@@H]1O[C@H](CO[P+](=O)OP(=O)(O)OP(=O)(O)OO)[C@@H](O)[C@H]1O. The molecule has 2 rings (SSSR count). The number of aliphatic hydroxyl groups is 2. The van der Waals surface area contributed by atoms with Crippen molar-refractivity contribution in [1.29, 1.82) is 0 Å². The molecule has 17 nitrogen and oxygen atoms in total. The number of hydrogen-bond donors (Lipinski definition) is 6. The molecule has 0 saturated carbocycles. The number of nitrogens with zero attached hydrogens (tertiary/aromatic N) is 2. The van der Waals surface area contributed by atoms with Crippen LogP contribution < -0.4 is 11.3 Å². The molecule has 1 aliphatic rings. The van der Waals surface area contributed by atoms with E-state index in [9.17, 15) is 28.7 Å². The number of nitrogen functional groups attached to an aromatic ring is 1. The number of aromatic nitrogens is 2. The Hall–Kier alpha value is -1.16. The van der Waals surface area contributed by atoms with E-state index in [1.165, 1.54) is 0 Å². The maximum absolute atomic E-state index is 11.6. The van der Waals surface area contributed by atoms with Crippen LogP contribution in [0.25, 0.3) is 0 Å². The van der Waals surface area contributed by atoms with E-state index < -0.39 is 60.6 Å². The highest BCUT2D eigenvalue weighted by Gasteiger charge is 2.48. The molecule has 0 bridgehead atoms. The van der Waals surface area contributed by atoms with Gasteiger partial charge in [0.05, 0.1) is 0 Å². The normalized spacial score (nSPS) is 29.2. The van der Waals surface area contributed by atoms with Crippen molar-refractivity contribution in [3.05, 3.63) is 22.6 Å². The highest BCUT2D eigenvalue weighted by atomic mass is 31.3. The smallest absolute Gasteiger partial charge is 0.387 e. The standard InChI is InChI=1S/C9H14N3O14P3/c10-9-11-5(13)1-2-12(9)8-7(15)6(14)4(23-8)3-22-27(17)25-29(20,21)26-28(18,19)24-16/h1-2,4,6-8,14-15H,3H2,(H4-,10,11,13,16,18,19,20,21)/p+1/t4-,6-,7-,8-/m1/s1. The summed E-state index contributed by atoms with van der Waals surface area (Å²) in [4.78, 5) is 32.4. The van der Waals surface area contributed by atoms with Crippen LogP contribution in [0, 0.1) is 0 Å². The Morgan fingerprint density at radius 1 is 1.28 bits per heavy atom. The highest BCUT2D eigenvalue weighted by molar-refractivity contribution is 7.64. The van der Waals surface area contributed by atoms with E-state index in [0.717, 1.165) is 16.8 Å². The van der Waals surface area contributed by atoms with Crippen LogP contribution in [-0.4, -0.2) is 59.7 Å². The summed E-state index contributed by atoms with van der Waals surface area (Å²) in [5.74, 6) is -0.331. The molecule has 7 atom stereocenters. The molecular formula is C9H15N3O14P3+. The minimum absolute atomic E-state index is 0.331. The van der Waals surface area contributed by atoms with Gasteiger partial charge in [-0.2, -0.15) is 9.29 Å². The van der Waals surface area contributed by atoms with E-state index in [1.54, 1.807) is 0 Å². The maximum atomic E-state index is 11.6. The van der Waals surface area contributed by atoms with E-state index in [-0.39, 0.29) is 5.95 Å². The Labute approximate surface area is 161 Å². The molecule has 1 aliphatic heterocycles. The van der Waals surface area contributed by atoms with Gasteiger partial charge in [-0.1, -0.05) is 0 Å². The van der Waals surface area contributed by atoms with E-state index in [4.69, 9.17) is 25.5 Å². The summed E-state index contributed by atoms with van der Waals surface area (Å²) < 4.78 is 55.1. The Balaban J connectivity index is 1.97. The van der Waals surface area contributed by atoms with Crippen LogP contribution in [0.1, 0.15) is 6.23 Å². The van der Waals surface area contributed by atoms with Crippen molar-refractivity contribution in [2.24, 2.45) is 0 Å². The Kier molecular flexibility index (Phi) is 7.75. The third-order valence-electron chi connectivity index (χ3n) is 3.30. The second-order valence-corrected chi connectivity index (χ2v) is 9.33. The second kappa shape index (κ2) is 9.32. The zero-order valence-electron chi connectivity index (χ0n) is 13.9. The monoisotopic (exact) mass is 482 g/mol. The lowest BCUT2D eigenvalue weighted by atomic mass is 10.1. The van der Waals surface area contributed by atoms with Gasteiger partial charge in [-0.25, -0.2) is 14.4 Å². The van der Waals surface area contributed by atoms with Gasteiger partial charge in [0.1, 0.15) is 24.9 Å². The summed E-state index contributed by atoms with van der Waals surface area (Å²) in [5, 5.41) is 28.1. The van der Waals surface area contributed by atoms with Gasteiger partial charge in [-0.15, -0.1) is 9.20 Å². The Bertz CT molecular complexity index is 908. The summed E-state index contributed by atoms with van der Waals surface area (Å²) in [7, 11) is -14.3. The van der Waals surface area contributed by atoms with Gasteiger partial charge >= 0.3 is 23.9 Å². The minimum atomic E-state index is -5.46. The lowest BCUT2D eigenvalue weighted by molar-refractivity contribution is -0.157. The summed E-state index contributed by atoms with van der Waals surface area (Å²) >= 11 is 0. The molecule has 1 fully saturated rings.